The van der Waals surface area contributed by atoms with Crippen LogP contribution in [0.4, 0.5) is 0 Å². The molecule has 1 heterocycles. The summed E-state index contributed by atoms with van der Waals surface area (Å²) in [6.45, 7) is 0. The van der Waals surface area contributed by atoms with Crippen LogP contribution in [0.5, 0.6) is 0 Å². The topological polar surface area (TPSA) is 39.4 Å². The predicted octanol–water partition coefficient (Wildman–Crippen LogP) is 3.11. The maximum atomic E-state index is 11.2. The second kappa shape index (κ2) is 5.34. The first-order chi connectivity index (χ1) is 8.31. The molecule has 3 nitrogen and oxygen atoms in total. The average Bonchev–Trinajstić information content (AvgIpc) is 3.01. The highest BCUT2D eigenvalue weighted by Gasteiger charge is 2.12. The van der Waals surface area contributed by atoms with Crippen molar-refractivity contribution in [1.29, 1.82) is 0 Å². The van der Waals surface area contributed by atoms with E-state index in [2.05, 4.69) is 4.74 Å². The van der Waals surface area contributed by atoms with Crippen molar-refractivity contribution < 1.29 is 13.9 Å². The molecule has 1 aliphatic carbocycles. The van der Waals surface area contributed by atoms with Crippen LogP contribution in [0.25, 0.3) is 5.57 Å². The van der Waals surface area contributed by atoms with Crippen LogP contribution in [0, 0.1) is 0 Å². The molecule has 17 heavy (non-hydrogen) atoms. The van der Waals surface area contributed by atoms with Crippen molar-refractivity contribution in [3.8, 4) is 0 Å². The van der Waals surface area contributed by atoms with E-state index in [1.165, 1.54) is 7.11 Å². The van der Waals surface area contributed by atoms with E-state index >= 15 is 0 Å². The van der Waals surface area contributed by atoms with E-state index in [4.69, 9.17) is 4.42 Å². The second-order valence-electron chi connectivity index (χ2n) is 3.71. The zero-order chi connectivity index (χ0) is 12.1. The summed E-state index contributed by atoms with van der Waals surface area (Å²) in [6.07, 6.45) is 10.6. The molecule has 0 aliphatic heterocycles. The molecule has 0 saturated carbocycles. The number of ether oxygens (including phenoxy) is 1. The van der Waals surface area contributed by atoms with E-state index in [0.29, 0.717) is 12.8 Å². The number of allylic oxidation sites excluding steroid dienone is 6. The van der Waals surface area contributed by atoms with Crippen LogP contribution in [-0.2, 0) is 9.53 Å². The molecule has 0 atom stereocenters. The van der Waals surface area contributed by atoms with E-state index in [1.54, 1.807) is 6.26 Å². The van der Waals surface area contributed by atoms with Crippen LogP contribution >= 0.6 is 0 Å². The Kier molecular flexibility index (Phi) is 3.60. The van der Waals surface area contributed by atoms with Crippen molar-refractivity contribution in [2.24, 2.45) is 0 Å². The van der Waals surface area contributed by atoms with Crippen molar-refractivity contribution >= 4 is 11.5 Å². The number of carbonyl (C=O) groups excluding carboxylic acids is 1. The molecule has 1 aliphatic rings. The molecule has 1 aromatic heterocycles. The Morgan fingerprint density at radius 3 is 2.65 bits per heavy atom. The molecule has 0 fully saturated rings. The van der Waals surface area contributed by atoms with Crippen LogP contribution < -0.4 is 0 Å². The van der Waals surface area contributed by atoms with Gasteiger partial charge in [-0.3, -0.25) is 4.79 Å². The summed E-state index contributed by atoms with van der Waals surface area (Å²) in [6, 6.07) is 3.75. The predicted molar refractivity (Wildman–Crippen MR) is 65.2 cm³/mol. The van der Waals surface area contributed by atoms with Gasteiger partial charge in [-0.2, -0.15) is 0 Å². The van der Waals surface area contributed by atoms with Crippen molar-refractivity contribution in [1.82, 2.24) is 0 Å². The zero-order valence-electron chi connectivity index (χ0n) is 9.68. The molecule has 0 bridgehead atoms. The number of esters is 1. The molecule has 3 heteroatoms. The van der Waals surface area contributed by atoms with Gasteiger partial charge in [0.25, 0.3) is 0 Å². The first-order valence-corrected chi connectivity index (χ1v) is 5.50. The number of furan rings is 1. The lowest BCUT2D eigenvalue weighted by Gasteiger charge is -2.06. The summed E-state index contributed by atoms with van der Waals surface area (Å²) in [5, 5.41) is 0. The highest BCUT2D eigenvalue weighted by atomic mass is 16.5. The Labute approximate surface area is 100 Å². The maximum Gasteiger partial charge on any atom is 0.305 e. The van der Waals surface area contributed by atoms with Crippen molar-refractivity contribution in [3.05, 3.63) is 54.0 Å². The Bertz CT molecular complexity index is 462. The minimum Gasteiger partial charge on any atom is -0.469 e. The second-order valence-corrected chi connectivity index (χ2v) is 3.71. The van der Waals surface area contributed by atoms with Crippen molar-refractivity contribution in [3.63, 3.8) is 0 Å². The molecule has 0 N–H and O–H groups in total. The Balaban J connectivity index is 2.20. The van der Waals surface area contributed by atoms with Crippen LogP contribution in [-0.4, -0.2) is 13.1 Å². The van der Waals surface area contributed by atoms with Gasteiger partial charge >= 0.3 is 5.97 Å². The Morgan fingerprint density at radius 2 is 2.06 bits per heavy atom. The Hall–Kier alpha value is -2.03. The fourth-order valence-electron chi connectivity index (χ4n) is 1.76. The smallest absolute Gasteiger partial charge is 0.305 e. The number of methoxy groups -OCH3 is 1. The van der Waals surface area contributed by atoms with Crippen LogP contribution in [0.2, 0.25) is 0 Å². The Morgan fingerprint density at radius 1 is 1.29 bits per heavy atom. The lowest BCUT2D eigenvalue weighted by Crippen LogP contribution is -2.00. The molecular weight excluding hydrogens is 216 g/mol. The van der Waals surface area contributed by atoms with Crippen LogP contribution in [0.1, 0.15) is 18.6 Å². The summed E-state index contributed by atoms with van der Waals surface area (Å²) in [4.78, 5) is 11.2. The first-order valence-electron chi connectivity index (χ1n) is 5.50. The largest absolute Gasteiger partial charge is 0.469 e. The normalized spacial score (nSPS) is 13.1. The molecule has 0 amide bonds. The third-order valence-electron chi connectivity index (χ3n) is 2.64. The van der Waals surface area contributed by atoms with Crippen LogP contribution in [0.3, 0.4) is 0 Å². The fraction of sp³-hybridized carbons (Fsp3) is 0.214. The third-order valence-corrected chi connectivity index (χ3v) is 2.64. The molecule has 2 rings (SSSR count). The summed E-state index contributed by atoms with van der Waals surface area (Å²) in [5.41, 5.74) is 2.12. The molecule has 0 saturated heterocycles. The number of carbonyl (C=O) groups is 1. The lowest BCUT2D eigenvalue weighted by molar-refractivity contribution is -0.140. The molecule has 88 valence electrons. The summed E-state index contributed by atoms with van der Waals surface area (Å²) >= 11 is 0. The van der Waals surface area contributed by atoms with E-state index in [9.17, 15) is 4.79 Å². The summed E-state index contributed by atoms with van der Waals surface area (Å²) < 4.78 is 10.0. The molecule has 0 unspecified atom stereocenters. The lowest BCUT2D eigenvalue weighted by atomic mass is 10.0. The molecule has 0 aromatic carbocycles. The van der Waals surface area contributed by atoms with E-state index in [0.717, 1.165) is 16.9 Å². The first kappa shape index (κ1) is 11.5. The van der Waals surface area contributed by atoms with Gasteiger partial charge in [0.15, 0.2) is 0 Å². The fourth-order valence-corrected chi connectivity index (χ4v) is 1.76. The average molecular weight is 230 g/mol. The van der Waals surface area contributed by atoms with Gasteiger partial charge < -0.3 is 9.15 Å². The zero-order valence-corrected chi connectivity index (χ0v) is 9.68. The minimum atomic E-state index is -0.208. The summed E-state index contributed by atoms with van der Waals surface area (Å²) in [7, 11) is 1.40. The van der Waals surface area contributed by atoms with Gasteiger partial charge in [-0.1, -0.05) is 24.3 Å². The molecule has 0 spiro atoms. The highest BCUT2D eigenvalue weighted by Crippen LogP contribution is 2.27. The molecule has 1 aromatic rings. The highest BCUT2D eigenvalue weighted by molar-refractivity contribution is 5.77. The van der Waals surface area contributed by atoms with E-state index in [1.807, 2.05) is 36.4 Å². The quantitative estimate of drug-likeness (QED) is 0.746. The molecule has 0 radical (unpaired) electrons. The number of rotatable bonds is 4. The maximum absolute atomic E-state index is 11.2. The van der Waals surface area contributed by atoms with E-state index in [-0.39, 0.29) is 5.97 Å². The standard InChI is InChI=1S/C14H14O3/c1-16-14(15)9-8-12(11-5-2-3-6-11)13-7-4-10-17-13/h2-7,10H,8-9H2,1H3. The molecular formula is C14H14O3. The van der Waals surface area contributed by atoms with Gasteiger partial charge in [-0.25, -0.2) is 0 Å². The van der Waals surface area contributed by atoms with Gasteiger partial charge in [0.2, 0.25) is 0 Å². The van der Waals surface area contributed by atoms with Gasteiger partial charge in [0.05, 0.1) is 13.4 Å². The number of hydrogen-bond acceptors (Lipinski definition) is 3. The third kappa shape index (κ3) is 2.75. The van der Waals surface area contributed by atoms with Crippen molar-refractivity contribution in [2.45, 2.75) is 12.8 Å². The van der Waals surface area contributed by atoms with Gasteiger partial charge in [0.1, 0.15) is 5.76 Å². The van der Waals surface area contributed by atoms with Gasteiger partial charge in [-0.15, -0.1) is 0 Å². The van der Waals surface area contributed by atoms with Crippen molar-refractivity contribution in [2.75, 3.05) is 7.11 Å². The number of hydrogen-bond donors (Lipinski definition) is 0. The monoisotopic (exact) mass is 230 g/mol. The minimum absolute atomic E-state index is 0.208. The van der Waals surface area contributed by atoms with Crippen LogP contribution in [0.15, 0.2) is 52.7 Å². The van der Waals surface area contributed by atoms with Gasteiger partial charge in [-0.05, 0) is 24.1 Å². The summed E-state index contributed by atoms with van der Waals surface area (Å²) in [5.74, 6) is 0.598. The SMILES string of the molecule is COC(=O)CCC(=C1C=CC=C1)c1ccco1. The van der Waals surface area contributed by atoms with Gasteiger partial charge in [0, 0.05) is 12.0 Å². The van der Waals surface area contributed by atoms with E-state index < -0.39 is 0 Å².